The number of likely N-dealkylation sites (tertiary alicyclic amines) is 1. The van der Waals surface area contributed by atoms with E-state index in [0.717, 1.165) is 37.1 Å². The Bertz CT molecular complexity index is 562. The van der Waals surface area contributed by atoms with E-state index < -0.39 is 0 Å². The Kier molecular flexibility index (Phi) is 9.68. The summed E-state index contributed by atoms with van der Waals surface area (Å²) in [6, 6.07) is 8.29. The van der Waals surface area contributed by atoms with Crippen LogP contribution in [-0.4, -0.2) is 56.7 Å². The van der Waals surface area contributed by atoms with Crippen LogP contribution >= 0.6 is 24.0 Å². The molecule has 27 heavy (non-hydrogen) atoms. The van der Waals surface area contributed by atoms with Crippen molar-refractivity contribution in [3.8, 4) is 5.75 Å². The smallest absolute Gasteiger partial charge is 0.191 e. The van der Waals surface area contributed by atoms with Gasteiger partial charge in [-0.05, 0) is 62.9 Å². The number of unbranched alkanes of at least 4 members (excludes halogenated alkanes) is 1. The molecule has 0 saturated carbocycles. The molecule has 1 aromatic rings. The van der Waals surface area contributed by atoms with E-state index in [2.05, 4.69) is 39.6 Å². The number of hydrogen-bond donors (Lipinski definition) is 2. The molecule has 1 saturated heterocycles. The summed E-state index contributed by atoms with van der Waals surface area (Å²) in [5.41, 5.74) is 1.30. The van der Waals surface area contributed by atoms with E-state index >= 15 is 0 Å². The van der Waals surface area contributed by atoms with Gasteiger partial charge in [0.25, 0.3) is 0 Å². The molecule has 0 amide bonds. The second kappa shape index (κ2) is 11.7. The molecule has 0 aromatic heterocycles. The summed E-state index contributed by atoms with van der Waals surface area (Å²) in [7, 11) is 1.83. The van der Waals surface area contributed by atoms with Gasteiger partial charge in [-0.15, -0.1) is 24.0 Å². The number of rotatable bonds is 7. The highest BCUT2D eigenvalue weighted by molar-refractivity contribution is 14.0. The fourth-order valence-corrected chi connectivity index (χ4v) is 3.75. The maximum atomic E-state index is 5.97. The molecule has 1 atom stereocenters. The number of guanidine groups is 1. The molecule has 152 valence electrons. The Morgan fingerprint density at radius 1 is 1.19 bits per heavy atom. The highest BCUT2D eigenvalue weighted by Gasteiger charge is 2.22. The van der Waals surface area contributed by atoms with Crippen molar-refractivity contribution in [3.05, 3.63) is 29.8 Å². The molecular weight excluding hydrogens is 451 g/mol. The number of hydrogen-bond acceptors (Lipinski definition) is 3. The predicted octanol–water partition coefficient (Wildman–Crippen LogP) is 3.29. The number of piperidine rings is 1. The van der Waals surface area contributed by atoms with Crippen molar-refractivity contribution < 1.29 is 4.74 Å². The molecule has 6 heteroatoms. The zero-order valence-electron chi connectivity index (χ0n) is 16.7. The summed E-state index contributed by atoms with van der Waals surface area (Å²) in [6.45, 7) is 7.91. The van der Waals surface area contributed by atoms with Crippen molar-refractivity contribution in [1.82, 2.24) is 15.5 Å². The maximum absolute atomic E-state index is 5.97. The number of nitrogens with zero attached hydrogens (tertiary/aromatic N) is 2. The molecule has 1 unspecified atom stereocenters. The maximum Gasteiger partial charge on any atom is 0.191 e. The first-order valence-corrected chi connectivity index (χ1v) is 10.2. The van der Waals surface area contributed by atoms with E-state index in [1.54, 1.807) is 0 Å². The molecule has 2 N–H and O–H groups in total. The Balaban J connectivity index is 0.00000261. The lowest BCUT2D eigenvalue weighted by atomic mass is 9.99. The van der Waals surface area contributed by atoms with Crippen LogP contribution in [0.15, 0.2) is 29.3 Å². The van der Waals surface area contributed by atoms with E-state index in [1.807, 2.05) is 19.2 Å². The number of halogens is 1. The van der Waals surface area contributed by atoms with Gasteiger partial charge in [-0.25, -0.2) is 0 Å². The SMILES string of the molecule is CN=C(NCCCCN1CCC(C)CC1)NCC1Cc2ccccc2O1.I. The molecule has 1 fully saturated rings. The van der Waals surface area contributed by atoms with Gasteiger partial charge in [-0.3, -0.25) is 4.99 Å². The van der Waals surface area contributed by atoms with Crippen LogP contribution in [-0.2, 0) is 6.42 Å². The van der Waals surface area contributed by atoms with E-state index in [1.165, 1.54) is 50.9 Å². The van der Waals surface area contributed by atoms with E-state index in [-0.39, 0.29) is 30.1 Å². The Labute approximate surface area is 181 Å². The summed E-state index contributed by atoms with van der Waals surface area (Å²) in [5.74, 6) is 2.81. The summed E-state index contributed by atoms with van der Waals surface area (Å²) < 4.78 is 5.97. The average molecular weight is 486 g/mol. The molecule has 1 aromatic carbocycles. The lowest BCUT2D eigenvalue weighted by molar-refractivity contribution is 0.189. The largest absolute Gasteiger partial charge is 0.488 e. The van der Waals surface area contributed by atoms with E-state index in [0.29, 0.717) is 0 Å². The summed E-state index contributed by atoms with van der Waals surface area (Å²) in [5, 5.41) is 6.82. The van der Waals surface area contributed by atoms with Crippen molar-refractivity contribution in [2.24, 2.45) is 10.9 Å². The number of para-hydroxylation sites is 1. The molecule has 5 nitrogen and oxygen atoms in total. The molecular formula is C21H35IN4O. The molecule has 0 spiro atoms. The van der Waals surface area contributed by atoms with Gasteiger partial charge in [0, 0.05) is 20.0 Å². The van der Waals surface area contributed by atoms with Gasteiger partial charge in [-0.1, -0.05) is 25.1 Å². The summed E-state index contributed by atoms with van der Waals surface area (Å²) in [6.07, 6.45) is 6.31. The first kappa shape index (κ1) is 22.3. The van der Waals surface area contributed by atoms with Crippen molar-refractivity contribution in [2.75, 3.05) is 39.8 Å². The van der Waals surface area contributed by atoms with Gasteiger partial charge in [-0.2, -0.15) is 0 Å². The molecule has 2 heterocycles. The second-order valence-electron chi connectivity index (χ2n) is 7.66. The van der Waals surface area contributed by atoms with Crippen LogP contribution in [0.1, 0.15) is 38.2 Å². The fourth-order valence-electron chi connectivity index (χ4n) is 3.75. The third-order valence-electron chi connectivity index (χ3n) is 5.50. The third-order valence-corrected chi connectivity index (χ3v) is 5.50. The zero-order chi connectivity index (χ0) is 18.2. The van der Waals surface area contributed by atoms with E-state index in [4.69, 9.17) is 4.74 Å². The van der Waals surface area contributed by atoms with Gasteiger partial charge in [0.1, 0.15) is 11.9 Å². The zero-order valence-corrected chi connectivity index (χ0v) is 19.1. The topological polar surface area (TPSA) is 48.9 Å². The van der Waals surface area contributed by atoms with Crippen LogP contribution in [0, 0.1) is 5.92 Å². The Morgan fingerprint density at radius 2 is 1.96 bits per heavy atom. The molecule has 0 aliphatic carbocycles. The van der Waals surface area contributed by atoms with Crippen LogP contribution in [0.25, 0.3) is 0 Å². The lowest BCUT2D eigenvalue weighted by Crippen LogP contribution is -2.42. The minimum Gasteiger partial charge on any atom is -0.488 e. The highest BCUT2D eigenvalue weighted by atomic mass is 127. The van der Waals surface area contributed by atoms with Crippen molar-refractivity contribution in [3.63, 3.8) is 0 Å². The molecule has 3 rings (SSSR count). The van der Waals surface area contributed by atoms with Crippen molar-refractivity contribution in [2.45, 2.75) is 45.1 Å². The van der Waals surface area contributed by atoms with Gasteiger partial charge in [0.15, 0.2) is 5.96 Å². The number of ether oxygens (including phenoxy) is 1. The fraction of sp³-hybridized carbons (Fsp3) is 0.667. The first-order valence-electron chi connectivity index (χ1n) is 10.2. The second-order valence-corrected chi connectivity index (χ2v) is 7.66. The number of benzene rings is 1. The number of fused-ring (bicyclic) bond motifs is 1. The number of nitrogens with one attached hydrogen (secondary N) is 2. The molecule has 2 aliphatic heterocycles. The number of aliphatic imine (C=N–C) groups is 1. The quantitative estimate of drug-likeness (QED) is 0.269. The van der Waals surface area contributed by atoms with Gasteiger partial charge >= 0.3 is 0 Å². The minimum absolute atomic E-state index is 0. The molecule has 0 bridgehead atoms. The average Bonchev–Trinajstić information content (AvgIpc) is 3.08. The van der Waals surface area contributed by atoms with Crippen LogP contribution in [0.4, 0.5) is 0 Å². The van der Waals surface area contributed by atoms with Gasteiger partial charge in [0.2, 0.25) is 0 Å². The van der Waals surface area contributed by atoms with Crippen LogP contribution < -0.4 is 15.4 Å². The Morgan fingerprint density at radius 3 is 2.70 bits per heavy atom. The predicted molar refractivity (Wildman–Crippen MR) is 123 cm³/mol. The van der Waals surface area contributed by atoms with Crippen LogP contribution in [0.2, 0.25) is 0 Å². The Hall–Kier alpha value is -1.02. The van der Waals surface area contributed by atoms with Crippen LogP contribution in [0.3, 0.4) is 0 Å². The monoisotopic (exact) mass is 486 g/mol. The standard InChI is InChI=1S/C21H34N4O.HI/c1-17-9-13-25(14-10-17)12-6-5-11-23-21(22-2)24-16-19-15-18-7-3-4-8-20(18)26-19;/h3-4,7-8,17,19H,5-6,9-16H2,1-2H3,(H2,22,23,24);1H. The molecule has 0 radical (unpaired) electrons. The first-order chi connectivity index (χ1) is 12.7. The van der Waals surface area contributed by atoms with Crippen molar-refractivity contribution in [1.29, 1.82) is 0 Å². The van der Waals surface area contributed by atoms with Crippen LogP contribution in [0.5, 0.6) is 5.75 Å². The summed E-state index contributed by atoms with van der Waals surface area (Å²) in [4.78, 5) is 6.94. The minimum atomic E-state index is 0. The molecule has 2 aliphatic rings. The van der Waals surface area contributed by atoms with Gasteiger partial charge in [0.05, 0.1) is 6.54 Å². The highest BCUT2D eigenvalue weighted by Crippen LogP contribution is 2.27. The normalized spacial score (nSPS) is 20.5. The summed E-state index contributed by atoms with van der Waals surface area (Å²) >= 11 is 0. The lowest BCUT2D eigenvalue weighted by Gasteiger charge is -2.30. The van der Waals surface area contributed by atoms with Crippen molar-refractivity contribution >= 4 is 29.9 Å². The van der Waals surface area contributed by atoms with E-state index in [9.17, 15) is 0 Å². The van der Waals surface area contributed by atoms with Gasteiger partial charge < -0.3 is 20.3 Å². The third kappa shape index (κ3) is 7.14.